The zero-order valence-electron chi connectivity index (χ0n) is 12.2. The van der Waals surface area contributed by atoms with E-state index >= 15 is 0 Å². The lowest BCUT2D eigenvalue weighted by Gasteiger charge is -2.10. The van der Waals surface area contributed by atoms with Gasteiger partial charge in [0.15, 0.2) is 0 Å². The van der Waals surface area contributed by atoms with E-state index in [1.54, 1.807) is 13.3 Å². The van der Waals surface area contributed by atoms with E-state index in [4.69, 9.17) is 4.74 Å². The van der Waals surface area contributed by atoms with Gasteiger partial charge >= 0.3 is 0 Å². The molecule has 0 bridgehead atoms. The van der Waals surface area contributed by atoms with Crippen molar-refractivity contribution >= 4 is 18.5 Å². The summed E-state index contributed by atoms with van der Waals surface area (Å²) in [4.78, 5) is 4.68. The fraction of sp³-hybridized carbons (Fsp3) is 0.235. The Morgan fingerprint density at radius 3 is 2.71 bits per heavy atom. The molecule has 1 aliphatic rings. The molecule has 0 fully saturated rings. The molecule has 0 aromatic heterocycles. The van der Waals surface area contributed by atoms with Crippen LogP contribution in [-0.4, -0.2) is 25.4 Å². The maximum absolute atomic E-state index is 11.7. The van der Waals surface area contributed by atoms with Gasteiger partial charge in [0.2, 0.25) is 0 Å². The number of rotatable bonds is 4. The summed E-state index contributed by atoms with van der Waals surface area (Å²) in [5.74, 6) is 0.745. The van der Waals surface area contributed by atoms with Gasteiger partial charge in [0, 0.05) is 6.42 Å². The van der Waals surface area contributed by atoms with Gasteiger partial charge in [0.1, 0.15) is 19.2 Å². The monoisotopic (exact) mass is 299 g/mol. The Labute approximate surface area is 125 Å². The van der Waals surface area contributed by atoms with Crippen LogP contribution in [0.4, 0.5) is 5.69 Å². The Balaban J connectivity index is 1.80. The topological polar surface area (TPSA) is 38.7 Å². The first-order valence-electron chi connectivity index (χ1n) is 6.94. The molecule has 0 aliphatic carbocycles. The summed E-state index contributed by atoms with van der Waals surface area (Å²) in [7, 11) is -2.17. The van der Waals surface area contributed by atoms with Gasteiger partial charge in [0.25, 0.3) is 0 Å². The molecule has 21 heavy (non-hydrogen) atoms. The quantitative estimate of drug-likeness (QED) is 0.788. The van der Waals surface area contributed by atoms with Gasteiger partial charge in [-0.2, -0.15) is 0 Å². The number of hydrogen-bond acceptors (Lipinski definition) is 3. The highest BCUT2D eigenvalue weighted by atomic mass is 31.2. The molecule has 1 heterocycles. The van der Waals surface area contributed by atoms with Gasteiger partial charge in [0.05, 0.1) is 11.4 Å². The van der Waals surface area contributed by atoms with Crippen LogP contribution in [-0.2, 0) is 11.0 Å². The van der Waals surface area contributed by atoms with Gasteiger partial charge in [-0.1, -0.05) is 30.3 Å². The molecule has 0 N–H and O–H groups in total. The largest absolute Gasteiger partial charge is 0.486 e. The highest BCUT2D eigenvalue weighted by molar-refractivity contribution is 7.62. The molecule has 0 spiro atoms. The average molecular weight is 299 g/mol. The number of benzene rings is 2. The lowest BCUT2D eigenvalue weighted by atomic mass is 10.0. The zero-order valence-corrected chi connectivity index (χ0v) is 13.1. The number of para-hydroxylation sites is 1. The molecule has 0 saturated heterocycles. The number of fused-ring (bicyclic) bond motifs is 1. The molecule has 2 aromatic rings. The van der Waals surface area contributed by atoms with E-state index in [9.17, 15) is 4.57 Å². The van der Waals surface area contributed by atoms with Crippen LogP contribution in [0.15, 0.2) is 53.5 Å². The molecule has 2 aromatic carbocycles. The van der Waals surface area contributed by atoms with E-state index in [2.05, 4.69) is 11.1 Å². The minimum Gasteiger partial charge on any atom is -0.486 e. The maximum Gasteiger partial charge on any atom is 0.140 e. The van der Waals surface area contributed by atoms with E-state index in [1.807, 2.05) is 42.5 Å². The van der Waals surface area contributed by atoms with Crippen LogP contribution in [0, 0.1) is 0 Å². The SMILES string of the molecule is CP(C)(=O)COc1cccc(C2=Nc3ccccc3C2)c1. The second-order valence-electron chi connectivity index (χ2n) is 5.74. The van der Waals surface area contributed by atoms with Crippen LogP contribution in [0.5, 0.6) is 5.75 Å². The zero-order chi connectivity index (χ0) is 14.9. The van der Waals surface area contributed by atoms with Crippen molar-refractivity contribution in [2.75, 3.05) is 19.7 Å². The van der Waals surface area contributed by atoms with E-state index in [-0.39, 0.29) is 6.35 Å². The van der Waals surface area contributed by atoms with E-state index in [0.717, 1.165) is 29.1 Å². The standard InChI is InChI=1S/C17H18NO2P/c1-21(2,19)12-20-15-8-5-7-13(10-15)17-11-14-6-3-4-9-16(14)18-17/h3-10H,11-12H2,1-2H3. The van der Waals surface area contributed by atoms with Crippen LogP contribution < -0.4 is 4.74 Å². The summed E-state index contributed by atoms with van der Waals surface area (Å²) in [6, 6.07) is 16.0. The van der Waals surface area contributed by atoms with Crippen molar-refractivity contribution in [2.45, 2.75) is 6.42 Å². The smallest absolute Gasteiger partial charge is 0.140 e. The van der Waals surface area contributed by atoms with Gasteiger partial charge in [-0.15, -0.1) is 0 Å². The van der Waals surface area contributed by atoms with Gasteiger partial charge in [-0.3, -0.25) is 4.99 Å². The average Bonchev–Trinajstić information content (AvgIpc) is 2.89. The third-order valence-corrected chi connectivity index (χ3v) is 4.07. The molecule has 0 amide bonds. The van der Waals surface area contributed by atoms with E-state index < -0.39 is 7.14 Å². The van der Waals surface area contributed by atoms with Crippen molar-refractivity contribution in [3.8, 4) is 5.75 Å². The van der Waals surface area contributed by atoms with Crippen LogP contribution in [0.3, 0.4) is 0 Å². The summed E-state index contributed by atoms with van der Waals surface area (Å²) >= 11 is 0. The molecule has 0 radical (unpaired) electrons. The third-order valence-electron chi connectivity index (χ3n) is 3.31. The van der Waals surface area contributed by atoms with Crippen LogP contribution >= 0.6 is 7.14 Å². The number of aliphatic imine (C=N–C) groups is 1. The van der Waals surface area contributed by atoms with Gasteiger partial charge < -0.3 is 9.30 Å². The highest BCUT2D eigenvalue weighted by Gasteiger charge is 2.16. The van der Waals surface area contributed by atoms with E-state index in [0.29, 0.717) is 0 Å². The maximum atomic E-state index is 11.7. The van der Waals surface area contributed by atoms with Crippen LogP contribution in [0.25, 0.3) is 0 Å². The molecule has 4 heteroatoms. The fourth-order valence-corrected chi connectivity index (χ4v) is 2.76. The Bertz CT molecular complexity index is 746. The van der Waals surface area contributed by atoms with Gasteiger partial charge in [-0.05, 0) is 42.7 Å². The van der Waals surface area contributed by atoms with Crippen molar-refractivity contribution in [3.05, 3.63) is 59.7 Å². The van der Waals surface area contributed by atoms with Crippen molar-refractivity contribution in [3.63, 3.8) is 0 Å². The summed E-state index contributed by atoms with van der Waals surface area (Å²) in [5, 5.41) is 0. The first kappa shape index (κ1) is 14.1. The molecular formula is C17H18NO2P. The minimum atomic E-state index is -2.17. The predicted octanol–water partition coefficient (Wildman–Crippen LogP) is 4.32. The van der Waals surface area contributed by atoms with Crippen LogP contribution in [0.1, 0.15) is 11.1 Å². The summed E-state index contributed by atoms with van der Waals surface area (Å²) in [6.07, 6.45) is 1.11. The number of hydrogen-bond donors (Lipinski definition) is 0. The Morgan fingerprint density at radius 2 is 1.95 bits per heavy atom. The molecule has 3 nitrogen and oxygen atoms in total. The minimum absolute atomic E-state index is 0.267. The molecule has 0 unspecified atom stereocenters. The van der Waals surface area contributed by atoms with E-state index in [1.165, 1.54) is 5.56 Å². The lowest BCUT2D eigenvalue weighted by Crippen LogP contribution is -2.02. The first-order chi connectivity index (χ1) is 10.0. The van der Waals surface area contributed by atoms with Gasteiger partial charge in [-0.25, -0.2) is 0 Å². The summed E-state index contributed by atoms with van der Waals surface area (Å²) in [5.41, 5.74) is 4.42. The fourth-order valence-electron chi connectivity index (χ4n) is 2.30. The lowest BCUT2D eigenvalue weighted by molar-refractivity contribution is 0.378. The summed E-state index contributed by atoms with van der Waals surface area (Å²) < 4.78 is 17.4. The van der Waals surface area contributed by atoms with Crippen molar-refractivity contribution in [1.82, 2.24) is 0 Å². The Morgan fingerprint density at radius 1 is 1.14 bits per heavy atom. The second kappa shape index (κ2) is 5.50. The Hall–Kier alpha value is -1.86. The highest BCUT2D eigenvalue weighted by Crippen LogP contribution is 2.36. The van der Waals surface area contributed by atoms with Crippen molar-refractivity contribution in [1.29, 1.82) is 0 Å². The predicted molar refractivity (Wildman–Crippen MR) is 87.7 cm³/mol. The summed E-state index contributed by atoms with van der Waals surface area (Å²) in [6.45, 7) is 3.46. The molecule has 0 atom stereocenters. The number of ether oxygens (including phenoxy) is 1. The number of nitrogens with zero attached hydrogens (tertiary/aromatic N) is 1. The Kier molecular flexibility index (Phi) is 3.69. The first-order valence-corrected chi connectivity index (χ1v) is 9.73. The van der Waals surface area contributed by atoms with Crippen LogP contribution in [0.2, 0.25) is 0 Å². The third kappa shape index (κ3) is 3.43. The normalized spacial score (nSPS) is 13.7. The molecule has 3 rings (SSSR count). The molecule has 0 saturated carbocycles. The molecule has 108 valence electrons. The van der Waals surface area contributed by atoms with Crippen molar-refractivity contribution < 1.29 is 9.30 Å². The molecule has 1 aliphatic heterocycles. The second-order valence-corrected chi connectivity index (χ2v) is 9.15. The molecular weight excluding hydrogens is 281 g/mol. The van der Waals surface area contributed by atoms with Crippen molar-refractivity contribution in [2.24, 2.45) is 4.99 Å².